The topological polar surface area (TPSA) is 35.5 Å². The minimum absolute atomic E-state index is 0.0579. The smallest absolute Gasteiger partial charge is 0.306 e. The Bertz CT molecular complexity index is 166. The number of esters is 1. The zero-order valence-corrected chi connectivity index (χ0v) is 5.87. The molecule has 0 aromatic carbocycles. The predicted molar refractivity (Wildman–Crippen MR) is 33.4 cm³/mol. The van der Waals surface area contributed by atoms with Crippen molar-refractivity contribution in [3.05, 3.63) is 0 Å². The third kappa shape index (κ3) is 0.736. The predicted octanol–water partition coefficient (Wildman–Crippen LogP) is 0.337. The number of fused-ring (bicyclic) bond motifs is 1. The molecule has 0 radical (unpaired) electrons. The van der Waals surface area contributed by atoms with Crippen molar-refractivity contribution in [3.63, 3.8) is 0 Å². The van der Waals surface area contributed by atoms with Gasteiger partial charge in [-0.15, -0.1) is 0 Å². The molecule has 2 aliphatic heterocycles. The van der Waals surface area contributed by atoms with E-state index >= 15 is 0 Å². The van der Waals surface area contributed by atoms with E-state index in [0.717, 1.165) is 0 Å². The second-order valence-corrected chi connectivity index (χ2v) is 2.93. The summed E-state index contributed by atoms with van der Waals surface area (Å²) in [6.07, 6.45) is 0.810. The Morgan fingerprint density at radius 1 is 1.60 bits per heavy atom. The van der Waals surface area contributed by atoms with Gasteiger partial charge in [0, 0.05) is 5.92 Å². The summed E-state index contributed by atoms with van der Waals surface area (Å²) in [4.78, 5) is 10.7. The average molecular weight is 142 g/mol. The van der Waals surface area contributed by atoms with Gasteiger partial charge in [-0.1, -0.05) is 0 Å². The molecule has 2 aliphatic rings. The molecule has 56 valence electrons. The third-order valence-corrected chi connectivity index (χ3v) is 2.29. The van der Waals surface area contributed by atoms with Crippen molar-refractivity contribution in [2.75, 3.05) is 6.61 Å². The van der Waals surface area contributed by atoms with Crippen molar-refractivity contribution in [1.29, 1.82) is 0 Å². The molecule has 0 aliphatic carbocycles. The van der Waals surface area contributed by atoms with Gasteiger partial charge < -0.3 is 9.47 Å². The first-order valence-electron chi connectivity index (χ1n) is 3.58. The Labute approximate surface area is 59.3 Å². The molecule has 2 rings (SSSR count). The van der Waals surface area contributed by atoms with Crippen LogP contribution >= 0.6 is 0 Å². The Balaban J connectivity index is 2.12. The van der Waals surface area contributed by atoms with E-state index in [0.29, 0.717) is 18.9 Å². The summed E-state index contributed by atoms with van der Waals surface area (Å²) in [5.74, 6) is 0.262. The number of hydrogen-bond donors (Lipinski definition) is 0. The van der Waals surface area contributed by atoms with E-state index in [2.05, 4.69) is 0 Å². The van der Waals surface area contributed by atoms with Gasteiger partial charge in [0.25, 0.3) is 0 Å². The van der Waals surface area contributed by atoms with Gasteiger partial charge in [0.15, 0.2) is 0 Å². The van der Waals surface area contributed by atoms with Crippen molar-refractivity contribution in [1.82, 2.24) is 0 Å². The Morgan fingerprint density at radius 3 is 3.10 bits per heavy atom. The SMILES string of the molecule is CC1OC[C@@H]2OC(=O)C[C@H]12. The van der Waals surface area contributed by atoms with Crippen LogP contribution in [0.1, 0.15) is 13.3 Å². The van der Waals surface area contributed by atoms with E-state index in [1.807, 2.05) is 6.92 Å². The molecule has 3 nitrogen and oxygen atoms in total. The van der Waals surface area contributed by atoms with Gasteiger partial charge in [-0.05, 0) is 6.92 Å². The number of carbonyl (C=O) groups is 1. The van der Waals surface area contributed by atoms with Crippen molar-refractivity contribution in [3.8, 4) is 0 Å². The van der Waals surface area contributed by atoms with E-state index < -0.39 is 0 Å². The van der Waals surface area contributed by atoms with Gasteiger partial charge in [-0.3, -0.25) is 4.79 Å². The van der Waals surface area contributed by atoms with Crippen molar-refractivity contribution in [2.45, 2.75) is 25.6 Å². The highest BCUT2D eigenvalue weighted by Gasteiger charge is 2.43. The summed E-state index contributed by atoms with van der Waals surface area (Å²) in [7, 11) is 0. The molecular formula is C7H10O3. The van der Waals surface area contributed by atoms with Gasteiger partial charge >= 0.3 is 5.97 Å². The van der Waals surface area contributed by atoms with Crippen LogP contribution in [0.2, 0.25) is 0 Å². The summed E-state index contributed by atoms with van der Waals surface area (Å²) in [5, 5.41) is 0. The number of ether oxygens (including phenoxy) is 2. The lowest BCUT2D eigenvalue weighted by Crippen LogP contribution is -2.16. The van der Waals surface area contributed by atoms with E-state index in [-0.39, 0.29) is 18.2 Å². The minimum atomic E-state index is -0.0647. The van der Waals surface area contributed by atoms with Crippen LogP contribution in [-0.4, -0.2) is 24.8 Å². The van der Waals surface area contributed by atoms with Crippen LogP contribution in [0.15, 0.2) is 0 Å². The fraction of sp³-hybridized carbons (Fsp3) is 0.857. The molecule has 2 fully saturated rings. The number of carbonyl (C=O) groups excluding carboxylic acids is 1. The first-order valence-corrected chi connectivity index (χ1v) is 3.58. The average Bonchev–Trinajstić information content (AvgIpc) is 2.35. The van der Waals surface area contributed by atoms with Crippen LogP contribution in [0.5, 0.6) is 0 Å². The molecule has 3 heteroatoms. The third-order valence-electron chi connectivity index (χ3n) is 2.29. The molecule has 0 spiro atoms. The summed E-state index contributed by atoms with van der Waals surface area (Å²) in [6, 6.07) is 0. The zero-order valence-electron chi connectivity index (χ0n) is 5.87. The van der Waals surface area contributed by atoms with Gasteiger partial charge in [-0.25, -0.2) is 0 Å². The van der Waals surface area contributed by atoms with Crippen molar-refractivity contribution < 1.29 is 14.3 Å². The van der Waals surface area contributed by atoms with Gasteiger partial charge in [0.2, 0.25) is 0 Å². The molecule has 2 heterocycles. The normalized spacial score (nSPS) is 45.3. The molecule has 0 N–H and O–H groups in total. The maximum absolute atomic E-state index is 10.7. The van der Waals surface area contributed by atoms with Gasteiger partial charge in [-0.2, -0.15) is 0 Å². The van der Waals surface area contributed by atoms with Crippen molar-refractivity contribution in [2.24, 2.45) is 5.92 Å². The Morgan fingerprint density at radius 2 is 2.40 bits per heavy atom. The largest absolute Gasteiger partial charge is 0.459 e. The minimum Gasteiger partial charge on any atom is -0.459 e. The number of rotatable bonds is 0. The van der Waals surface area contributed by atoms with Gasteiger partial charge in [0.05, 0.1) is 19.1 Å². The molecule has 3 atom stereocenters. The van der Waals surface area contributed by atoms with E-state index in [9.17, 15) is 4.79 Å². The van der Waals surface area contributed by atoms with E-state index in [1.54, 1.807) is 0 Å². The highest BCUT2D eigenvalue weighted by atomic mass is 16.6. The van der Waals surface area contributed by atoms with Crippen LogP contribution in [0.25, 0.3) is 0 Å². The lowest BCUT2D eigenvalue weighted by molar-refractivity contribution is -0.142. The molecule has 10 heavy (non-hydrogen) atoms. The van der Waals surface area contributed by atoms with Crippen LogP contribution in [0.4, 0.5) is 0 Å². The van der Waals surface area contributed by atoms with E-state index in [1.165, 1.54) is 0 Å². The molecule has 2 saturated heterocycles. The van der Waals surface area contributed by atoms with Crippen molar-refractivity contribution >= 4 is 5.97 Å². The molecule has 0 bridgehead atoms. The highest BCUT2D eigenvalue weighted by Crippen LogP contribution is 2.32. The summed E-state index contributed by atoms with van der Waals surface area (Å²) in [5.41, 5.74) is 0. The number of hydrogen-bond acceptors (Lipinski definition) is 3. The summed E-state index contributed by atoms with van der Waals surface area (Å²) in [6.45, 7) is 2.59. The standard InChI is InChI=1S/C7H10O3/c1-4-5-2-7(8)10-6(5)3-9-4/h4-6H,2-3H2,1H3/t4?,5-,6+/m1/s1. The van der Waals surface area contributed by atoms with Crippen LogP contribution in [0, 0.1) is 5.92 Å². The second-order valence-electron chi connectivity index (χ2n) is 2.93. The first kappa shape index (κ1) is 6.16. The van der Waals surface area contributed by atoms with Crippen LogP contribution in [0.3, 0.4) is 0 Å². The highest BCUT2D eigenvalue weighted by molar-refractivity contribution is 5.72. The maximum atomic E-state index is 10.7. The molecule has 1 unspecified atom stereocenters. The fourth-order valence-corrected chi connectivity index (χ4v) is 1.62. The fourth-order valence-electron chi connectivity index (χ4n) is 1.62. The molecule has 0 saturated carbocycles. The maximum Gasteiger partial charge on any atom is 0.306 e. The quantitative estimate of drug-likeness (QED) is 0.457. The Kier molecular flexibility index (Phi) is 1.20. The second kappa shape index (κ2) is 1.95. The van der Waals surface area contributed by atoms with E-state index in [4.69, 9.17) is 9.47 Å². The summed E-state index contributed by atoms with van der Waals surface area (Å²) >= 11 is 0. The monoisotopic (exact) mass is 142 g/mol. The first-order chi connectivity index (χ1) is 4.77. The molecule has 0 aromatic heterocycles. The van der Waals surface area contributed by atoms with Gasteiger partial charge in [0.1, 0.15) is 6.10 Å². The summed E-state index contributed by atoms with van der Waals surface area (Å²) < 4.78 is 10.3. The lowest BCUT2D eigenvalue weighted by atomic mass is 9.99. The van der Waals surface area contributed by atoms with Crippen LogP contribution in [-0.2, 0) is 14.3 Å². The zero-order chi connectivity index (χ0) is 7.14. The lowest BCUT2D eigenvalue weighted by Gasteiger charge is -2.06. The van der Waals surface area contributed by atoms with Crippen LogP contribution < -0.4 is 0 Å². The molecular weight excluding hydrogens is 132 g/mol. The molecule has 0 amide bonds. The molecule has 0 aromatic rings. The Hall–Kier alpha value is -0.570.